The van der Waals surface area contributed by atoms with E-state index in [1.807, 2.05) is 0 Å². The Morgan fingerprint density at radius 3 is 2.70 bits per heavy atom. The number of aryl methyl sites for hydroxylation is 1. The normalized spacial score (nSPS) is 16.4. The summed E-state index contributed by atoms with van der Waals surface area (Å²) in [5.41, 5.74) is 4.10. The molecule has 0 atom stereocenters. The smallest absolute Gasteiger partial charge is 0.0469 e. The van der Waals surface area contributed by atoms with Gasteiger partial charge in [-0.05, 0) is 55.5 Å². The number of rotatable bonds is 6. The average molecular weight is 276 g/mol. The van der Waals surface area contributed by atoms with Crippen LogP contribution in [0.5, 0.6) is 0 Å². The molecule has 112 valence electrons. The zero-order valence-electron chi connectivity index (χ0n) is 13.1. The second-order valence-electron chi connectivity index (χ2n) is 5.83. The summed E-state index contributed by atoms with van der Waals surface area (Å²) in [5.74, 6) is 0.774. The molecule has 0 unspecified atom stereocenters. The lowest BCUT2D eigenvalue weighted by Crippen LogP contribution is -2.29. The largest absolute Gasteiger partial charge is 0.381 e. The van der Waals surface area contributed by atoms with Crippen molar-refractivity contribution in [1.82, 2.24) is 5.32 Å². The number of benzene rings is 1. The molecule has 2 rings (SSSR count). The van der Waals surface area contributed by atoms with Crippen LogP contribution in [0.2, 0.25) is 0 Å². The molecular weight excluding hydrogens is 248 g/mol. The van der Waals surface area contributed by atoms with E-state index in [1.165, 1.54) is 29.7 Å². The highest BCUT2D eigenvalue weighted by molar-refractivity contribution is 5.50. The van der Waals surface area contributed by atoms with Crippen LogP contribution in [0.15, 0.2) is 18.2 Å². The lowest BCUT2D eigenvalue weighted by Gasteiger charge is -2.29. The molecule has 3 nitrogen and oxygen atoms in total. The van der Waals surface area contributed by atoms with Gasteiger partial charge in [0.15, 0.2) is 0 Å². The molecule has 0 radical (unpaired) electrons. The van der Waals surface area contributed by atoms with E-state index in [2.05, 4.69) is 49.3 Å². The lowest BCUT2D eigenvalue weighted by molar-refractivity contribution is 0.0685. The van der Waals surface area contributed by atoms with Crippen molar-refractivity contribution in [3.8, 4) is 0 Å². The van der Waals surface area contributed by atoms with Crippen molar-refractivity contribution in [3.05, 3.63) is 29.3 Å². The Morgan fingerprint density at radius 1 is 1.30 bits per heavy atom. The van der Waals surface area contributed by atoms with Gasteiger partial charge in [-0.1, -0.05) is 13.0 Å². The van der Waals surface area contributed by atoms with E-state index in [-0.39, 0.29) is 0 Å². The number of nitrogens with one attached hydrogen (secondary N) is 1. The molecule has 0 aliphatic carbocycles. The van der Waals surface area contributed by atoms with Gasteiger partial charge in [0.2, 0.25) is 0 Å². The van der Waals surface area contributed by atoms with Gasteiger partial charge in [-0.2, -0.15) is 0 Å². The van der Waals surface area contributed by atoms with Crippen molar-refractivity contribution in [3.63, 3.8) is 0 Å². The third-order valence-corrected chi connectivity index (χ3v) is 4.21. The van der Waals surface area contributed by atoms with Gasteiger partial charge in [0, 0.05) is 39.0 Å². The Hall–Kier alpha value is -1.06. The van der Waals surface area contributed by atoms with Crippen LogP contribution in [0.3, 0.4) is 0 Å². The first-order chi connectivity index (χ1) is 9.70. The highest BCUT2D eigenvalue weighted by Gasteiger charge is 2.16. The SMILES string of the molecule is CCNCc1ccc(N(C)CC2CCOCC2)cc1C. The number of anilines is 1. The van der Waals surface area contributed by atoms with E-state index in [1.54, 1.807) is 0 Å². The van der Waals surface area contributed by atoms with E-state index >= 15 is 0 Å². The van der Waals surface area contributed by atoms with Crippen LogP contribution in [0.4, 0.5) is 5.69 Å². The van der Waals surface area contributed by atoms with Crippen LogP contribution in [-0.4, -0.2) is 33.4 Å². The zero-order chi connectivity index (χ0) is 14.4. The van der Waals surface area contributed by atoms with Crippen molar-refractivity contribution in [1.29, 1.82) is 0 Å². The van der Waals surface area contributed by atoms with Crippen LogP contribution >= 0.6 is 0 Å². The fraction of sp³-hybridized carbons (Fsp3) is 0.647. The Morgan fingerprint density at radius 2 is 2.05 bits per heavy atom. The summed E-state index contributed by atoms with van der Waals surface area (Å²) in [6, 6.07) is 6.82. The van der Waals surface area contributed by atoms with Crippen LogP contribution < -0.4 is 10.2 Å². The summed E-state index contributed by atoms with van der Waals surface area (Å²) < 4.78 is 5.43. The molecule has 0 saturated carbocycles. The minimum Gasteiger partial charge on any atom is -0.381 e. The number of nitrogens with zero attached hydrogens (tertiary/aromatic N) is 1. The van der Waals surface area contributed by atoms with Gasteiger partial charge in [0.25, 0.3) is 0 Å². The van der Waals surface area contributed by atoms with Crippen LogP contribution in [0.25, 0.3) is 0 Å². The molecule has 1 heterocycles. The molecule has 0 aromatic heterocycles. The fourth-order valence-electron chi connectivity index (χ4n) is 2.80. The van der Waals surface area contributed by atoms with Crippen molar-refractivity contribution < 1.29 is 4.74 Å². The number of hydrogen-bond acceptors (Lipinski definition) is 3. The maximum Gasteiger partial charge on any atom is 0.0469 e. The molecule has 1 fully saturated rings. The van der Waals surface area contributed by atoms with Gasteiger partial charge < -0.3 is 15.0 Å². The highest BCUT2D eigenvalue weighted by Crippen LogP contribution is 2.22. The topological polar surface area (TPSA) is 24.5 Å². The van der Waals surface area contributed by atoms with E-state index in [9.17, 15) is 0 Å². The molecular formula is C17H28N2O. The minimum absolute atomic E-state index is 0.774. The molecule has 1 aliphatic rings. The summed E-state index contributed by atoms with van der Waals surface area (Å²) in [5, 5.41) is 3.39. The molecule has 0 spiro atoms. The van der Waals surface area contributed by atoms with Gasteiger partial charge in [0.1, 0.15) is 0 Å². The summed E-state index contributed by atoms with van der Waals surface area (Å²) in [4.78, 5) is 2.39. The maximum absolute atomic E-state index is 5.43. The van der Waals surface area contributed by atoms with Gasteiger partial charge in [-0.15, -0.1) is 0 Å². The van der Waals surface area contributed by atoms with E-state index in [0.29, 0.717) is 0 Å². The summed E-state index contributed by atoms with van der Waals surface area (Å²) in [6.07, 6.45) is 2.39. The first-order valence-electron chi connectivity index (χ1n) is 7.79. The standard InChI is InChI=1S/C17H28N2O/c1-4-18-12-16-5-6-17(11-14(16)2)19(3)13-15-7-9-20-10-8-15/h5-6,11,15,18H,4,7-10,12-13H2,1-3H3. The Balaban J connectivity index is 1.95. The van der Waals surface area contributed by atoms with Crippen molar-refractivity contribution in [2.45, 2.75) is 33.2 Å². The second-order valence-corrected chi connectivity index (χ2v) is 5.83. The molecule has 0 amide bonds. The van der Waals surface area contributed by atoms with Crippen LogP contribution in [-0.2, 0) is 11.3 Å². The monoisotopic (exact) mass is 276 g/mol. The van der Waals surface area contributed by atoms with Crippen molar-refractivity contribution in [2.75, 3.05) is 38.3 Å². The zero-order valence-corrected chi connectivity index (χ0v) is 13.1. The lowest BCUT2D eigenvalue weighted by atomic mass is 9.99. The number of hydrogen-bond donors (Lipinski definition) is 1. The van der Waals surface area contributed by atoms with Crippen molar-refractivity contribution in [2.24, 2.45) is 5.92 Å². The first-order valence-corrected chi connectivity index (χ1v) is 7.79. The fourth-order valence-corrected chi connectivity index (χ4v) is 2.80. The molecule has 1 aromatic carbocycles. The molecule has 20 heavy (non-hydrogen) atoms. The Kier molecular flexibility index (Phi) is 5.86. The third-order valence-electron chi connectivity index (χ3n) is 4.21. The Bertz CT molecular complexity index is 413. The summed E-state index contributed by atoms with van der Waals surface area (Å²) in [7, 11) is 2.20. The first kappa shape index (κ1) is 15.3. The molecule has 1 aliphatic heterocycles. The summed E-state index contributed by atoms with van der Waals surface area (Å²) in [6.45, 7) is 9.33. The van der Waals surface area contributed by atoms with Crippen LogP contribution in [0.1, 0.15) is 30.9 Å². The molecule has 3 heteroatoms. The highest BCUT2D eigenvalue weighted by atomic mass is 16.5. The van der Waals surface area contributed by atoms with Gasteiger partial charge in [0.05, 0.1) is 0 Å². The van der Waals surface area contributed by atoms with E-state index in [4.69, 9.17) is 4.74 Å². The Labute approximate surface area is 123 Å². The number of ether oxygens (including phenoxy) is 1. The molecule has 1 aromatic rings. The van der Waals surface area contributed by atoms with Gasteiger partial charge in [-0.3, -0.25) is 0 Å². The molecule has 0 bridgehead atoms. The second kappa shape index (κ2) is 7.65. The molecule has 1 saturated heterocycles. The average Bonchev–Trinajstić information content (AvgIpc) is 2.47. The predicted octanol–water partition coefficient (Wildman–Crippen LogP) is 2.97. The third kappa shape index (κ3) is 4.22. The van der Waals surface area contributed by atoms with Gasteiger partial charge in [-0.25, -0.2) is 0 Å². The quantitative estimate of drug-likeness (QED) is 0.864. The van der Waals surface area contributed by atoms with Crippen LogP contribution in [0, 0.1) is 12.8 Å². The maximum atomic E-state index is 5.43. The van der Waals surface area contributed by atoms with Crippen molar-refractivity contribution >= 4 is 5.69 Å². The molecule has 1 N–H and O–H groups in total. The summed E-state index contributed by atoms with van der Waals surface area (Å²) >= 11 is 0. The minimum atomic E-state index is 0.774. The van der Waals surface area contributed by atoms with Gasteiger partial charge >= 0.3 is 0 Å². The van der Waals surface area contributed by atoms with E-state index in [0.717, 1.165) is 38.8 Å². The van der Waals surface area contributed by atoms with E-state index < -0.39 is 0 Å². The predicted molar refractivity (Wildman–Crippen MR) is 85.4 cm³/mol.